The fourth-order valence-corrected chi connectivity index (χ4v) is 4.10. The van der Waals surface area contributed by atoms with E-state index < -0.39 is 0 Å². The van der Waals surface area contributed by atoms with E-state index in [1.165, 1.54) is 0 Å². The lowest BCUT2D eigenvalue weighted by Crippen LogP contribution is -2.37. The zero-order chi connectivity index (χ0) is 17.4. The summed E-state index contributed by atoms with van der Waals surface area (Å²) in [5, 5.41) is 11.6. The summed E-state index contributed by atoms with van der Waals surface area (Å²) in [6.07, 6.45) is 3.15. The number of hydrogen-bond acceptors (Lipinski definition) is 5. The number of nitro benzene ring substituents is 1. The molecule has 130 valence electrons. The Bertz CT molecular complexity index is 792. The number of aryl methyl sites for hydroxylation is 1. The van der Waals surface area contributed by atoms with E-state index in [-0.39, 0.29) is 16.7 Å². The van der Waals surface area contributed by atoms with Crippen molar-refractivity contribution in [1.29, 1.82) is 0 Å². The first-order chi connectivity index (χ1) is 11.4. The molecule has 24 heavy (non-hydrogen) atoms. The zero-order valence-corrected chi connectivity index (χ0v) is 16.5. The Morgan fingerprint density at radius 2 is 2.21 bits per heavy atom. The van der Waals surface area contributed by atoms with E-state index in [9.17, 15) is 10.1 Å². The number of nitrogens with zero attached hydrogens (tertiary/aromatic N) is 4. The molecule has 0 radical (unpaired) electrons. The highest BCUT2D eigenvalue weighted by Gasteiger charge is 2.28. The summed E-state index contributed by atoms with van der Waals surface area (Å²) in [4.78, 5) is 18.0. The smallest absolute Gasteiger partial charge is 0.312 e. The van der Waals surface area contributed by atoms with Crippen molar-refractivity contribution >= 4 is 54.5 Å². The summed E-state index contributed by atoms with van der Waals surface area (Å²) < 4.78 is 3.09. The Morgan fingerprint density at radius 3 is 2.88 bits per heavy atom. The minimum atomic E-state index is -0.387. The van der Waals surface area contributed by atoms with Gasteiger partial charge in [-0.15, -0.1) is 0 Å². The van der Waals surface area contributed by atoms with Crippen LogP contribution in [0.15, 0.2) is 15.0 Å². The maximum Gasteiger partial charge on any atom is 0.312 e. The Labute approximate surface area is 156 Å². The molecule has 1 aliphatic heterocycles. The molecular formula is C15H19Br2N5O2. The van der Waals surface area contributed by atoms with Crippen LogP contribution < -0.4 is 10.6 Å². The molecule has 1 fully saturated rings. The first-order valence-corrected chi connectivity index (χ1v) is 9.55. The zero-order valence-electron chi connectivity index (χ0n) is 13.3. The molecule has 1 unspecified atom stereocenters. The Kier molecular flexibility index (Phi) is 5.12. The van der Waals surface area contributed by atoms with E-state index in [1.807, 2.05) is 17.6 Å². The molecule has 1 aromatic heterocycles. The number of halogens is 2. The summed E-state index contributed by atoms with van der Waals surface area (Å²) in [6.45, 7) is 4.29. The van der Waals surface area contributed by atoms with Gasteiger partial charge in [-0.2, -0.15) is 0 Å². The van der Waals surface area contributed by atoms with Gasteiger partial charge in [-0.25, -0.2) is 4.98 Å². The van der Waals surface area contributed by atoms with Crippen LogP contribution in [0.3, 0.4) is 0 Å². The minimum Gasteiger partial charge on any atom is -0.341 e. The summed E-state index contributed by atoms with van der Waals surface area (Å²) in [6, 6.07) is 1.98. The van der Waals surface area contributed by atoms with Crippen LogP contribution in [-0.4, -0.2) is 33.6 Å². The third kappa shape index (κ3) is 3.04. The quantitative estimate of drug-likeness (QED) is 0.555. The van der Waals surface area contributed by atoms with E-state index in [1.54, 1.807) is 0 Å². The SMILES string of the molecule is CCn1c(N2CCCCC(N)C2)nc2c([N+](=O)[O-])c(Br)c(Br)cc21. The predicted molar refractivity (Wildman–Crippen MR) is 102 cm³/mol. The van der Waals surface area contributed by atoms with Crippen LogP contribution >= 0.6 is 31.9 Å². The van der Waals surface area contributed by atoms with Gasteiger partial charge in [-0.1, -0.05) is 6.42 Å². The standard InChI is InChI=1S/C15H19Br2N5O2/c1-2-21-11-7-10(16)12(17)14(22(23)24)13(11)19-15(21)20-6-4-3-5-9(18)8-20/h7,9H,2-6,8,18H2,1H3. The number of hydrogen-bond donors (Lipinski definition) is 1. The molecule has 3 rings (SSSR count). The average Bonchev–Trinajstić information content (AvgIpc) is 2.73. The molecular weight excluding hydrogens is 442 g/mol. The number of benzene rings is 1. The Hall–Kier alpha value is -1.19. The molecule has 1 atom stereocenters. The number of anilines is 1. The molecule has 0 spiro atoms. The summed E-state index contributed by atoms with van der Waals surface area (Å²) in [5.74, 6) is 0.762. The van der Waals surface area contributed by atoms with Crippen molar-refractivity contribution in [2.75, 3.05) is 18.0 Å². The van der Waals surface area contributed by atoms with Gasteiger partial charge >= 0.3 is 5.69 Å². The van der Waals surface area contributed by atoms with Crippen LogP contribution in [0.1, 0.15) is 26.2 Å². The first kappa shape index (κ1) is 17.6. The van der Waals surface area contributed by atoms with E-state index in [4.69, 9.17) is 5.73 Å². The third-order valence-electron chi connectivity index (χ3n) is 4.38. The van der Waals surface area contributed by atoms with Gasteiger partial charge in [0.1, 0.15) is 4.47 Å². The minimum absolute atomic E-state index is 0.00746. The predicted octanol–water partition coefficient (Wildman–Crippen LogP) is 3.81. The van der Waals surface area contributed by atoms with Crippen molar-refractivity contribution in [3.63, 3.8) is 0 Å². The third-order valence-corrected chi connectivity index (χ3v) is 6.34. The molecule has 1 aromatic carbocycles. The van der Waals surface area contributed by atoms with Crippen LogP contribution in [0.25, 0.3) is 11.0 Å². The first-order valence-electron chi connectivity index (χ1n) is 7.97. The molecule has 1 saturated heterocycles. The van der Waals surface area contributed by atoms with Crippen LogP contribution in [0.4, 0.5) is 11.6 Å². The number of aromatic nitrogens is 2. The lowest BCUT2D eigenvalue weighted by molar-refractivity contribution is -0.384. The number of fused-ring (bicyclic) bond motifs is 1. The molecule has 0 aliphatic carbocycles. The van der Waals surface area contributed by atoms with Gasteiger partial charge in [0.05, 0.1) is 10.4 Å². The maximum absolute atomic E-state index is 11.6. The molecule has 2 N–H and O–H groups in total. The highest BCUT2D eigenvalue weighted by atomic mass is 79.9. The van der Waals surface area contributed by atoms with Crippen LogP contribution in [-0.2, 0) is 6.54 Å². The molecule has 7 nitrogen and oxygen atoms in total. The van der Waals surface area contributed by atoms with Crippen molar-refractivity contribution in [3.05, 3.63) is 25.1 Å². The number of nitrogens with two attached hydrogens (primary N) is 1. The summed E-state index contributed by atoms with van der Waals surface area (Å²) in [5.41, 5.74) is 7.33. The molecule has 9 heteroatoms. The second-order valence-electron chi connectivity index (χ2n) is 6.00. The topological polar surface area (TPSA) is 90.2 Å². The molecule has 0 saturated carbocycles. The molecule has 2 aromatic rings. The van der Waals surface area contributed by atoms with Gasteiger partial charge in [-0.3, -0.25) is 10.1 Å². The van der Waals surface area contributed by atoms with Gasteiger partial charge in [0.2, 0.25) is 5.95 Å². The highest BCUT2D eigenvalue weighted by Crippen LogP contribution is 2.40. The molecule has 1 aliphatic rings. The average molecular weight is 461 g/mol. The molecule has 0 bridgehead atoms. The largest absolute Gasteiger partial charge is 0.341 e. The van der Waals surface area contributed by atoms with E-state index in [0.29, 0.717) is 21.0 Å². The Balaban J connectivity index is 2.22. The normalized spacial score (nSPS) is 18.8. The lowest BCUT2D eigenvalue weighted by Gasteiger charge is -2.24. The van der Waals surface area contributed by atoms with Gasteiger partial charge in [0, 0.05) is 30.1 Å². The van der Waals surface area contributed by atoms with Gasteiger partial charge in [-0.05, 0) is 57.7 Å². The molecule has 0 amide bonds. The maximum atomic E-state index is 11.6. The summed E-state index contributed by atoms with van der Waals surface area (Å²) >= 11 is 6.70. The number of imidazole rings is 1. The van der Waals surface area contributed by atoms with Gasteiger partial charge in [0.25, 0.3) is 0 Å². The van der Waals surface area contributed by atoms with Crippen LogP contribution in [0.5, 0.6) is 0 Å². The fraction of sp³-hybridized carbons (Fsp3) is 0.533. The van der Waals surface area contributed by atoms with Crippen LogP contribution in [0, 0.1) is 10.1 Å². The highest BCUT2D eigenvalue weighted by molar-refractivity contribution is 9.13. The van der Waals surface area contributed by atoms with E-state index in [2.05, 4.69) is 41.7 Å². The van der Waals surface area contributed by atoms with Crippen molar-refractivity contribution < 1.29 is 4.92 Å². The van der Waals surface area contributed by atoms with E-state index >= 15 is 0 Å². The van der Waals surface area contributed by atoms with Crippen molar-refractivity contribution in [2.45, 2.75) is 38.8 Å². The summed E-state index contributed by atoms with van der Waals surface area (Å²) in [7, 11) is 0. The van der Waals surface area contributed by atoms with Crippen molar-refractivity contribution in [1.82, 2.24) is 9.55 Å². The van der Waals surface area contributed by atoms with Crippen molar-refractivity contribution in [2.24, 2.45) is 5.73 Å². The monoisotopic (exact) mass is 459 g/mol. The van der Waals surface area contributed by atoms with E-state index in [0.717, 1.165) is 43.8 Å². The molecule has 2 heterocycles. The second-order valence-corrected chi connectivity index (χ2v) is 7.65. The van der Waals surface area contributed by atoms with Crippen molar-refractivity contribution in [3.8, 4) is 0 Å². The second kappa shape index (κ2) is 6.97. The van der Waals surface area contributed by atoms with Gasteiger partial charge < -0.3 is 15.2 Å². The van der Waals surface area contributed by atoms with Crippen LogP contribution in [0.2, 0.25) is 0 Å². The number of rotatable bonds is 3. The fourth-order valence-electron chi connectivity index (χ4n) is 3.25. The number of nitro groups is 1. The Morgan fingerprint density at radius 1 is 1.46 bits per heavy atom. The lowest BCUT2D eigenvalue weighted by atomic mass is 10.2. The van der Waals surface area contributed by atoms with Gasteiger partial charge in [0.15, 0.2) is 5.52 Å².